The molecule has 0 amide bonds. The van der Waals surface area contributed by atoms with Crippen LogP contribution in [0.4, 0.5) is 11.6 Å². The fourth-order valence-corrected chi connectivity index (χ4v) is 0.905. The summed E-state index contributed by atoms with van der Waals surface area (Å²) in [6.07, 6.45) is 0. The van der Waals surface area contributed by atoms with E-state index in [-0.39, 0.29) is 0 Å². The van der Waals surface area contributed by atoms with Crippen molar-refractivity contribution in [1.82, 2.24) is 9.97 Å². The first kappa shape index (κ1) is 7.27. The quantitative estimate of drug-likeness (QED) is 0.608. The molecule has 0 bridgehead atoms. The lowest BCUT2D eigenvalue weighted by atomic mass is 10.3. The smallest absolute Gasteiger partial charge is 0.200 e. The largest absolute Gasteiger partial charge is 0.383 e. The first-order valence-electron chi connectivity index (χ1n) is 2.66. The molecule has 1 aromatic heterocycles. The molecule has 5 heteroatoms. The molecule has 0 saturated carbocycles. The minimum absolute atomic E-state index is 0.416. The van der Waals surface area contributed by atoms with E-state index in [0.29, 0.717) is 16.4 Å². The fraction of sp³-hybridized carbons (Fsp3) is 0.200. The molecule has 54 valence electrons. The first-order valence-corrected chi connectivity index (χ1v) is 3.45. The molecule has 0 saturated heterocycles. The molecule has 4 nitrogen and oxygen atoms in total. The Labute approximate surface area is 66.8 Å². The molecule has 1 aromatic rings. The SMILES string of the molecule is Cc1c(N)nc(Br)nc1N. The van der Waals surface area contributed by atoms with Crippen LogP contribution >= 0.6 is 15.9 Å². The number of rotatable bonds is 0. The minimum Gasteiger partial charge on any atom is -0.383 e. The lowest BCUT2D eigenvalue weighted by Gasteiger charge is -2.01. The van der Waals surface area contributed by atoms with Gasteiger partial charge in [-0.15, -0.1) is 0 Å². The van der Waals surface area contributed by atoms with Crippen molar-refractivity contribution in [3.63, 3.8) is 0 Å². The first-order chi connectivity index (χ1) is 4.61. The van der Waals surface area contributed by atoms with Crippen LogP contribution in [0.25, 0.3) is 0 Å². The molecule has 0 aliphatic carbocycles. The van der Waals surface area contributed by atoms with Crippen molar-refractivity contribution in [2.24, 2.45) is 0 Å². The number of nitrogens with two attached hydrogens (primary N) is 2. The molecule has 1 rings (SSSR count). The number of hydrogen-bond acceptors (Lipinski definition) is 4. The molecular formula is C5H7BrN4. The molecule has 0 aliphatic heterocycles. The van der Waals surface area contributed by atoms with Crippen LogP contribution in [0, 0.1) is 6.92 Å². The molecule has 0 spiro atoms. The number of nitrogens with zero attached hydrogens (tertiary/aromatic N) is 2. The van der Waals surface area contributed by atoms with E-state index < -0.39 is 0 Å². The van der Waals surface area contributed by atoms with Gasteiger partial charge in [-0.25, -0.2) is 9.97 Å². The topological polar surface area (TPSA) is 77.8 Å². The standard InChI is InChI=1S/C5H7BrN4/c1-2-3(7)9-5(6)10-4(2)8/h1H3,(H4,7,8,9,10). The molecule has 0 unspecified atom stereocenters. The zero-order valence-corrected chi connectivity index (χ0v) is 7.01. The predicted octanol–water partition coefficient (Wildman–Crippen LogP) is 0.712. The lowest BCUT2D eigenvalue weighted by Crippen LogP contribution is -2.02. The summed E-state index contributed by atoms with van der Waals surface area (Å²) in [6.45, 7) is 1.77. The molecule has 10 heavy (non-hydrogen) atoms. The number of nitrogen functional groups attached to an aromatic ring is 2. The highest BCUT2D eigenvalue weighted by Crippen LogP contribution is 2.15. The molecule has 1 heterocycles. The van der Waals surface area contributed by atoms with Crippen molar-refractivity contribution in [1.29, 1.82) is 0 Å². The molecule has 0 radical (unpaired) electrons. The summed E-state index contributed by atoms with van der Waals surface area (Å²) < 4.78 is 0.424. The average Bonchev–Trinajstić information content (AvgIpc) is 1.82. The van der Waals surface area contributed by atoms with Gasteiger partial charge in [-0.1, -0.05) is 0 Å². The maximum Gasteiger partial charge on any atom is 0.200 e. The van der Waals surface area contributed by atoms with E-state index >= 15 is 0 Å². The summed E-state index contributed by atoms with van der Waals surface area (Å²) in [5.74, 6) is 0.832. The monoisotopic (exact) mass is 202 g/mol. The van der Waals surface area contributed by atoms with Crippen molar-refractivity contribution in [2.75, 3.05) is 11.5 Å². The Kier molecular flexibility index (Phi) is 1.76. The van der Waals surface area contributed by atoms with E-state index in [9.17, 15) is 0 Å². The van der Waals surface area contributed by atoms with E-state index in [1.54, 1.807) is 6.92 Å². The van der Waals surface area contributed by atoms with Gasteiger partial charge in [0.1, 0.15) is 11.6 Å². The van der Waals surface area contributed by atoms with Crippen molar-refractivity contribution in [2.45, 2.75) is 6.92 Å². The normalized spacial score (nSPS) is 9.80. The number of halogens is 1. The minimum atomic E-state index is 0.416. The van der Waals surface area contributed by atoms with Crippen LogP contribution in [0.3, 0.4) is 0 Å². The third-order valence-corrected chi connectivity index (χ3v) is 1.55. The molecule has 0 aliphatic rings. The fourth-order valence-electron chi connectivity index (χ4n) is 0.523. The average molecular weight is 203 g/mol. The van der Waals surface area contributed by atoms with Crippen molar-refractivity contribution < 1.29 is 0 Å². The van der Waals surface area contributed by atoms with Crippen molar-refractivity contribution in [3.05, 3.63) is 10.3 Å². The number of aromatic nitrogens is 2. The summed E-state index contributed by atoms with van der Waals surface area (Å²) in [4.78, 5) is 7.67. The maximum atomic E-state index is 5.46. The van der Waals surface area contributed by atoms with Gasteiger partial charge in [-0.3, -0.25) is 0 Å². The van der Waals surface area contributed by atoms with E-state index in [0.717, 1.165) is 5.56 Å². The lowest BCUT2D eigenvalue weighted by molar-refractivity contribution is 1.10. The van der Waals surface area contributed by atoms with Crippen LogP contribution in [0.15, 0.2) is 4.73 Å². The molecule has 4 N–H and O–H groups in total. The van der Waals surface area contributed by atoms with Crippen LogP contribution in [-0.4, -0.2) is 9.97 Å². The number of hydrogen-bond donors (Lipinski definition) is 2. The second-order valence-corrected chi connectivity index (χ2v) is 2.60. The van der Waals surface area contributed by atoms with Crippen LogP contribution < -0.4 is 11.5 Å². The molecular weight excluding hydrogens is 196 g/mol. The van der Waals surface area contributed by atoms with Crippen molar-refractivity contribution in [3.8, 4) is 0 Å². The second-order valence-electron chi connectivity index (χ2n) is 1.89. The summed E-state index contributed by atoms with van der Waals surface area (Å²) in [6, 6.07) is 0. The maximum absolute atomic E-state index is 5.46. The highest BCUT2D eigenvalue weighted by Gasteiger charge is 2.01. The summed E-state index contributed by atoms with van der Waals surface area (Å²) in [5, 5.41) is 0. The summed E-state index contributed by atoms with van der Waals surface area (Å²) in [7, 11) is 0. The van der Waals surface area contributed by atoms with E-state index in [1.165, 1.54) is 0 Å². The Morgan fingerprint density at radius 1 is 1.20 bits per heavy atom. The van der Waals surface area contributed by atoms with Gasteiger partial charge in [0.05, 0.1) is 0 Å². The van der Waals surface area contributed by atoms with Gasteiger partial charge in [0.25, 0.3) is 0 Å². The van der Waals surface area contributed by atoms with Crippen molar-refractivity contribution >= 4 is 27.6 Å². The van der Waals surface area contributed by atoms with Gasteiger partial charge in [-0.2, -0.15) is 0 Å². The van der Waals surface area contributed by atoms with Crippen LogP contribution in [0.2, 0.25) is 0 Å². The van der Waals surface area contributed by atoms with Crippen LogP contribution in [0.1, 0.15) is 5.56 Å². The van der Waals surface area contributed by atoms with E-state index in [1.807, 2.05) is 0 Å². The highest BCUT2D eigenvalue weighted by molar-refractivity contribution is 9.10. The van der Waals surface area contributed by atoms with E-state index in [2.05, 4.69) is 25.9 Å². The molecule has 0 aromatic carbocycles. The second kappa shape index (κ2) is 2.42. The third-order valence-electron chi connectivity index (χ3n) is 1.19. The van der Waals surface area contributed by atoms with Gasteiger partial charge < -0.3 is 11.5 Å². The Hall–Kier alpha value is -0.840. The third kappa shape index (κ3) is 1.18. The van der Waals surface area contributed by atoms with Gasteiger partial charge >= 0.3 is 0 Å². The predicted molar refractivity (Wildman–Crippen MR) is 43.3 cm³/mol. The zero-order chi connectivity index (χ0) is 7.72. The Balaban J connectivity index is 3.31. The summed E-state index contributed by atoms with van der Waals surface area (Å²) in [5.41, 5.74) is 11.6. The van der Waals surface area contributed by atoms with Gasteiger partial charge in [0.15, 0.2) is 4.73 Å². The van der Waals surface area contributed by atoms with E-state index in [4.69, 9.17) is 11.5 Å². The highest BCUT2D eigenvalue weighted by atomic mass is 79.9. The Morgan fingerprint density at radius 3 is 2.00 bits per heavy atom. The Bertz CT molecular complexity index is 237. The zero-order valence-electron chi connectivity index (χ0n) is 5.43. The van der Waals surface area contributed by atoms with Crippen LogP contribution in [0.5, 0.6) is 0 Å². The number of anilines is 2. The Morgan fingerprint density at radius 2 is 1.60 bits per heavy atom. The van der Waals surface area contributed by atoms with Gasteiger partial charge in [0, 0.05) is 5.56 Å². The molecule has 0 fully saturated rings. The van der Waals surface area contributed by atoms with Crippen LogP contribution in [-0.2, 0) is 0 Å². The van der Waals surface area contributed by atoms with Gasteiger partial charge in [0.2, 0.25) is 0 Å². The van der Waals surface area contributed by atoms with Gasteiger partial charge in [-0.05, 0) is 22.9 Å². The molecule has 0 atom stereocenters. The summed E-state index contributed by atoms with van der Waals surface area (Å²) >= 11 is 3.06.